The third kappa shape index (κ3) is 3.93. The summed E-state index contributed by atoms with van der Waals surface area (Å²) in [6, 6.07) is 9.29. The van der Waals surface area contributed by atoms with Gasteiger partial charge in [0.25, 0.3) is 0 Å². The minimum Gasteiger partial charge on any atom is -0.550 e. The van der Waals surface area contributed by atoms with Crippen molar-refractivity contribution in [1.29, 1.82) is 0 Å². The second-order valence-electron chi connectivity index (χ2n) is 6.18. The second-order valence-corrected chi connectivity index (χ2v) is 7.05. The summed E-state index contributed by atoms with van der Waals surface area (Å²) < 4.78 is 4.88. The van der Waals surface area contributed by atoms with E-state index in [0.29, 0.717) is 17.0 Å². The fourth-order valence-corrected chi connectivity index (χ4v) is 4.11. The number of esters is 1. The molecule has 1 aromatic carbocycles. The fourth-order valence-electron chi connectivity index (χ4n) is 3.15. The van der Waals surface area contributed by atoms with Gasteiger partial charge in [-0.15, -0.1) is 11.3 Å². The van der Waals surface area contributed by atoms with Crippen LogP contribution in [0.3, 0.4) is 0 Å². The van der Waals surface area contributed by atoms with Crippen LogP contribution in [-0.4, -0.2) is 25.0 Å². The van der Waals surface area contributed by atoms with Crippen molar-refractivity contribution in [2.45, 2.75) is 12.8 Å². The van der Waals surface area contributed by atoms with Gasteiger partial charge >= 0.3 is 5.97 Å². The van der Waals surface area contributed by atoms with E-state index in [2.05, 4.69) is 5.32 Å². The third-order valence-electron chi connectivity index (χ3n) is 4.57. The Kier molecular flexibility index (Phi) is 5.71. The Bertz CT molecular complexity index is 887. The van der Waals surface area contributed by atoms with Crippen LogP contribution in [0.25, 0.3) is 11.1 Å². The number of amides is 1. The first kappa shape index (κ1) is 18.8. The average molecular weight is 384 g/mol. The van der Waals surface area contributed by atoms with Crippen molar-refractivity contribution >= 4 is 34.2 Å². The first-order valence-electron chi connectivity index (χ1n) is 8.45. The Balaban J connectivity index is 1.92. The number of hydrogen-bond acceptors (Lipinski definition) is 6. The highest BCUT2D eigenvalue weighted by Gasteiger charge is 2.31. The molecule has 7 heteroatoms. The third-order valence-corrected chi connectivity index (χ3v) is 5.47. The molecule has 2 aromatic rings. The zero-order valence-electron chi connectivity index (χ0n) is 14.6. The predicted molar refractivity (Wildman–Crippen MR) is 100 cm³/mol. The van der Waals surface area contributed by atoms with E-state index >= 15 is 0 Å². The van der Waals surface area contributed by atoms with Crippen molar-refractivity contribution in [2.75, 3.05) is 12.4 Å². The molecular formula is C20H18NO5S-. The summed E-state index contributed by atoms with van der Waals surface area (Å²) in [6.07, 6.45) is 4.09. The number of ether oxygens (including phenoxy) is 1. The maximum atomic E-state index is 12.7. The Morgan fingerprint density at radius 2 is 1.78 bits per heavy atom. The van der Waals surface area contributed by atoms with E-state index in [1.165, 1.54) is 18.4 Å². The number of carbonyl (C=O) groups is 3. The molecule has 1 amide bonds. The molecule has 1 aliphatic carbocycles. The number of aliphatic carboxylic acids is 1. The number of nitrogens with one attached hydrogen (secondary N) is 1. The zero-order chi connectivity index (χ0) is 19.4. The zero-order valence-corrected chi connectivity index (χ0v) is 15.5. The molecule has 27 heavy (non-hydrogen) atoms. The molecule has 0 fully saturated rings. The van der Waals surface area contributed by atoms with Crippen LogP contribution in [0.1, 0.15) is 23.2 Å². The standard InChI is InChI=1S/C20H19NO5S/c1-26-20(25)16-15(12-7-3-2-4-8-12)11-27-18(16)21-17(22)13-9-5-6-10-14(13)19(23)24/h2-8,11,13-14H,9-10H2,1H3,(H,21,22)(H,23,24)/p-1/t13-,14-/m1/s1. The molecule has 1 aromatic heterocycles. The fraction of sp³-hybridized carbons (Fsp3) is 0.250. The van der Waals surface area contributed by atoms with E-state index < -0.39 is 29.7 Å². The molecule has 0 radical (unpaired) electrons. The van der Waals surface area contributed by atoms with E-state index in [1.807, 2.05) is 30.3 Å². The monoisotopic (exact) mass is 384 g/mol. The number of carboxylic acids is 1. The van der Waals surface area contributed by atoms with Crippen LogP contribution in [0, 0.1) is 11.8 Å². The smallest absolute Gasteiger partial charge is 0.341 e. The average Bonchev–Trinajstić information content (AvgIpc) is 3.11. The van der Waals surface area contributed by atoms with Crippen LogP contribution in [0.2, 0.25) is 0 Å². The van der Waals surface area contributed by atoms with Gasteiger partial charge in [-0.25, -0.2) is 4.79 Å². The van der Waals surface area contributed by atoms with E-state index in [1.54, 1.807) is 17.5 Å². The normalized spacial score (nSPS) is 18.7. The van der Waals surface area contributed by atoms with Crippen molar-refractivity contribution in [3.63, 3.8) is 0 Å². The lowest BCUT2D eigenvalue weighted by Gasteiger charge is -2.28. The van der Waals surface area contributed by atoms with Crippen LogP contribution in [0.15, 0.2) is 47.9 Å². The molecule has 0 unspecified atom stereocenters. The number of carboxylic acid groups (broad SMARTS) is 1. The number of carbonyl (C=O) groups excluding carboxylic acids is 3. The highest BCUT2D eigenvalue weighted by Crippen LogP contribution is 2.37. The largest absolute Gasteiger partial charge is 0.550 e. The Morgan fingerprint density at radius 3 is 2.41 bits per heavy atom. The van der Waals surface area contributed by atoms with Crippen LogP contribution >= 0.6 is 11.3 Å². The Morgan fingerprint density at radius 1 is 1.11 bits per heavy atom. The van der Waals surface area contributed by atoms with Crippen molar-refractivity contribution in [1.82, 2.24) is 0 Å². The summed E-state index contributed by atoms with van der Waals surface area (Å²) in [5.74, 6) is -3.88. The molecule has 6 nitrogen and oxygen atoms in total. The van der Waals surface area contributed by atoms with E-state index in [9.17, 15) is 19.5 Å². The van der Waals surface area contributed by atoms with Gasteiger partial charge in [0.05, 0.1) is 13.0 Å². The summed E-state index contributed by atoms with van der Waals surface area (Å²) in [5.41, 5.74) is 1.74. The summed E-state index contributed by atoms with van der Waals surface area (Å²) in [4.78, 5) is 36.4. The van der Waals surface area contributed by atoms with Gasteiger partial charge in [-0.3, -0.25) is 4.79 Å². The SMILES string of the molecule is COC(=O)c1c(-c2ccccc2)csc1NC(=O)[C@@H]1CC=CC[C@H]1C(=O)[O-]. The molecule has 0 bridgehead atoms. The maximum absolute atomic E-state index is 12.7. The van der Waals surface area contributed by atoms with Crippen molar-refractivity contribution in [3.8, 4) is 11.1 Å². The lowest BCUT2D eigenvalue weighted by molar-refractivity contribution is -0.313. The summed E-state index contributed by atoms with van der Waals surface area (Å²) in [5, 5.41) is 16.2. The van der Waals surface area contributed by atoms with Crippen LogP contribution in [0.4, 0.5) is 5.00 Å². The van der Waals surface area contributed by atoms with Crippen molar-refractivity contribution in [2.24, 2.45) is 11.8 Å². The van der Waals surface area contributed by atoms with Gasteiger partial charge in [-0.2, -0.15) is 0 Å². The predicted octanol–water partition coefficient (Wildman–Crippen LogP) is 2.47. The first-order chi connectivity index (χ1) is 13.0. The number of allylic oxidation sites excluding steroid dienone is 2. The Labute approximate surface area is 160 Å². The van der Waals surface area contributed by atoms with Gasteiger partial charge < -0.3 is 20.0 Å². The topological polar surface area (TPSA) is 95.5 Å². The second kappa shape index (κ2) is 8.18. The highest BCUT2D eigenvalue weighted by molar-refractivity contribution is 7.15. The number of hydrogen-bond donors (Lipinski definition) is 1. The van der Waals surface area contributed by atoms with Crippen molar-refractivity contribution < 1.29 is 24.2 Å². The van der Waals surface area contributed by atoms with Gasteiger partial charge in [0.2, 0.25) is 5.91 Å². The molecule has 1 N–H and O–H groups in total. The molecule has 1 heterocycles. The lowest BCUT2D eigenvalue weighted by Crippen LogP contribution is -2.41. The number of benzene rings is 1. The van der Waals surface area contributed by atoms with Crippen LogP contribution < -0.4 is 10.4 Å². The molecule has 0 saturated carbocycles. The van der Waals surface area contributed by atoms with Gasteiger partial charge in [0, 0.05) is 22.8 Å². The Hall–Kier alpha value is -2.93. The molecule has 0 aliphatic heterocycles. The molecule has 2 atom stereocenters. The maximum Gasteiger partial charge on any atom is 0.341 e. The lowest BCUT2D eigenvalue weighted by atomic mass is 9.82. The molecule has 3 rings (SSSR count). The molecular weight excluding hydrogens is 366 g/mol. The van der Waals surface area contributed by atoms with E-state index in [4.69, 9.17) is 4.74 Å². The quantitative estimate of drug-likeness (QED) is 0.631. The number of methoxy groups -OCH3 is 1. The minimum atomic E-state index is -1.25. The molecule has 140 valence electrons. The van der Waals surface area contributed by atoms with Gasteiger partial charge in [0.1, 0.15) is 10.6 Å². The van der Waals surface area contributed by atoms with Crippen LogP contribution in [0.5, 0.6) is 0 Å². The number of rotatable bonds is 5. The van der Waals surface area contributed by atoms with Gasteiger partial charge in [-0.1, -0.05) is 42.5 Å². The van der Waals surface area contributed by atoms with E-state index in [-0.39, 0.29) is 12.0 Å². The summed E-state index contributed by atoms with van der Waals surface area (Å²) in [6.45, 7) is 0. The first-order valence-corrected chi connectivity index (χ1v) is 9.32. The van der Waals surface area contributed by atoms with Gasteiger partial charge in [-0.05, 0) is 18.4 Å². The molecule has 0 spiro atoms. The van der Waals surface area contributed by atoms with E-state index in [0.717, 1.165) is 5.56 Å². The summed E-state index contributed by atoms with van der Waals surface area (Å²) >= 11 is 1.20. The molecule has 0 saturated heterocycles. The number of anilines is 1. The highest BCUT2D eigenvalue weighted by atomic mass is 32.1. The molecule has 1 aliphatic rings. The summed E-state index contributed by atoms with van der Waals surface area (Å²) in [7, 11) is 1.28. The number of thiophene rings is 1. The van der Waals surface area contributed by atoms with Crippen LogP contribution in [-0.2, 0) is 14.3 Å². The van der Waals surface area contributed by atoms with Crippen molar-refractivity contribution in [3.05, 3.63) is 53.4 Å². The minimum absolute atomic E-state index is 0.254. The van der Waals surface area contributed by atoms with Gasteiger partial charge in [0.15, 0.2) is 0 Å².